The highest BCUT2D eigenvalue weighted by molar-refractivity contribution is 5.94. The van der Waals surface area contributed by atoms with E-state index in [-0.39, 0.29) is 23.2 Å². The summed E-state index contributed by atoms with van der Waals surface area (Å²) in [7, 11) is 0. The van der Waals surface area contributed by atoms with Crippen LogP contribution in [0.5, 0.6) is 0 Å². The number of H-pyrrole nitrogens is 1. The van der Waals surface area contributed by atoms with E-state index in [0.29, 0.717) is 5.69 Å². The number of hydrogen-bond acceptors (Lipinski definition) is 3. The van der Waals surface area contributed by atoms with Crippen molar-refractivity contribution in [3.05, 3.63) is 11.3 Å². The fraction of sp³-hybridized carbons (Fsp3) is 0.714. The first-order chi connectivity index (χ1) is 10.2. The van der Waals surface area contributed by atoms with E-state index in [2.05, 4.69) is 15.5 Å². The molecular formula is C14H18F3N3O2. The van der Waals surface area contributed by atoms with Crippen LogP contribution in [0.4, 0.5) is 19.0 Å². The van der Waals surface area contributed by atoms with Gasteiger partial charge in [0.25, 0.3) is 0 Å². The molecular weight excluding hydrogens is 299 g/mol. The predicted octanol–water partition coefficient (Wildman–Crippen LogP) is 2.80. The van der Waals surface area contributed by atoms with E-state index < -0.39 is 24.1 Å². The third-order valence-corrected chi connectivity index (χ3v) is 4.83. The van der Waals surface area contributed by atoms with Gasteiger partial charge in [0, 0.05) is 11.6 Å². The molecule has 1 saturated carbocycles. The molecule has 122 valence electrons. The molecule has 2 heterocycles. The number of alkyl halides is 3. The zero-order chi connectivity index (χ0) is 16.1. The van der Waals surface area contributed by atoms with Crippen LogP contribution in [-0.4, -0.2) is 27.4 Å². The number of aromatic nitrogens is 2. The van der Waals surface area contributed by atoms with Gasteiger partial charge in [-0.3, -0.25) is 9.89 Å². The van der Waals surface area contributed by atoms with Crippen molar-refractivity contribution >= 4 is 11.7 Å². The quantitative estimate of drug-likeness (QED) is 0.745. The van der Waals surface area contributed by atoms with Gasteiger partial charge in [0.1, 0.15) is 0 Å². The molecule has 8 heteroatoms. The van der Waals surface area contributed by atoms with Crippen LogP contribution in [0.3, 0.4) is 0 Å². The molecule has 1 aliphatic heterocycles. The monoisotopic (exact) mass is 317 g/mol. The highest BCUT2D eigenvalue weighted by Crippen LogP contribution is 2.51. The Bertz CT molecular complexity index is 599. The number of carbonyl (C=O) groups excluding carboxylic acids is 1. The van der Waals surface area contributed by atoms with Crippen LogP contribution < -0.4 is 5.32 Å². The highest BCUT2D eigenvalue weighted by atomic mass is 19.4. The van der Waals surface area contributed by atoms with E-state index in [9.17, 15) is 23.1 Å². The predicted molar refractivity (Wildman–Crippen MR) is 72.2 cm³/mol. The molecule has 2 aliphatic rings. The molecule has 1 fully saturated rings. The third kappa shape index (κ3) is 2.20. The van der Waals surface area contributed by atoms with E-state index in [1.807, 2.05) is 6.92 Å². The lowest BCUT2D eigenvalue weighted by Gasteiger charge is -2.36. The van der Waals surface area contributed by atoms with Crippen LogP contribution in [0.2, 0.25) is 0 Å². The number of aliphatic hydroxyl groups is 1. The standard InChI is InChI=1S/C14H18F3N3O2/c1-7-4-2-3-5-8(7)11-10-12(20-19-11)18-9(21)6-13(10,22)14(15,16)17/h7-8,22H,2-6H2,1H3,(H2,18,19,20,21). The van der Waals surface area contributed by atoms with Gasteiger partial charge >= 0.3 is 6.18 Å². The van der Waals surface area contributed by atoms with Crippen LogP contribution in [0.15, 0.2) is 0 Å². The van der Waals surface area contributed by atoms with E-state index in [1.165, 1.54) is 0 Å². The molecule has 0 spiro atoms. The number of nitrogens with zero attached hydrogens (tertiary/aromatic N) is 1. The smallest absolute Gasteiger partial charge is 0.376 e. The SMILES string of the molecule is CC1CCCCC1c1[nH]nc2c1C(O)(C(F)(F)F)CC(=O)N2. The number of fused-ring (bicyclic) bond motifs is 1. The van der Waals surface area contributed by atoms with Crippen LogP contribution in [0.1, 0.15) is 56.2 Å². The number of nitrogens with one attached hydrogen (secondary N) is 2. The number of amides is 1. The van der Waals surface area contributed by atoms with Crippen LogP contribution in [0, 0.1) is 5.92 Å². The lowest BCUT2D eigenvalue weighted by Crippen LogP contribution is -2.48. The second-order valence-electron chi connectivity index (χ2n) is 6.31. The normalized spacial score (nSPS) is 32.5. The summed E-state index contributed by atoms with van der Waals surface area (Å²) in [6, 6.07) is 0. The lowest BCUT2D eigenvalue weighted by atomic mass is 9.74. The highest BCUT2D eigenvalue weighted by Gasteiger charge is 2.61. The van der Waals surface area contributed by atoms with Crippen molar-refractivity contribution in [2.75, 3.05) is 5.32 Å². The van der Waals surface area contributed by atoms with Crippen molar-refractivity contribution in [1.29, 1.82) is 0 Å². The molecule has 1 aromatic heterocycles. The van der Waals surface area contributed by atoms with Crippen molar-refractivity contribution in [2.24, 2.45) is 5.92 Å². The minimum Gasteiger partial charge on any atom is -0.376 e. The summed E-state index contributed by atoms with van der Waals surface area (Å²) in [5.74, 6) is -1.01. The third-order valence-electron chi connectivity index (χ3n) is 4.83. The second-order valence-corrected chi connectivity index (χ2v) is 6.31. The van der Waals surface area contributed by atoms with E-state index in [4.69, 9.17) is 0 Å². The first-order valence-electron chi connectivity index (χ1n) is 7.41. The molecule has 3 atom stereocenters. The summed E-state index contributed by atoms with van der Waals surface area (Å²) >= 11 is 0. The van der Waals surface area contributed by atoms with Gasteiger partial charge in [-0.15, -0.1) is 0 Å². The molecule has 5 nitrogen and oxygen atoms in total. The molecule has 1 amide bonds. The van der Waals surface area contributed by atoms with Gasteiger partial charge in [-0.2, -0.15) is 18.3 Å². The van der Waals surface area contributed by atoms with Gasteiger partial charge in [0.15, 0.2) is 11.4 Å². The summed E-state index contributed by atoms with van der Waals surface area (Å²) < 4.78 is 40.3. The Labute approximate surface area is 125 Å². The average Bonchev–Trinajstić information content (AvgIpc) is 2.82. The van der Waals surface area contributed by atoms with E-state index in [1.54, 1.807) is 0 Å². The number of aromatic amines is 1. The van der Waals surface area contributed by atoms with Crippen molar-refractivity contribution in [3.63, 3.8) is 0 Å². The topological polar surface area (TPSA) is 78.0 Å². The van der Waals surface area contributed by atoms with Gasteiger partial charge in [-0.25, -0.2) is 0 Å². The number of rotatable bonds is 1. The molecule has 1 aliphatic carbocycles. The van der Waals surface area contributed by atoms with Crippen molar-refractivity contribution in [3.8, 4) is 0 Å². The Morgan fingerprint density at radius 3 is 2.64 bits per heavy atom. The Morgan fingerprint density at radius 2 is 2.00 bits per heavy atom. The maximum Gasteiger partial charge on any atom is 0.422 e. The van der Waals surface area contributed by atoms with Gasteiger partial charge in [0.05, 0.1) is 12.0 Å². The zero-order valence-electron chi connectivity index (χ0n) is 12.1. The summed E-state index contributed by atoms with van der Waals surface area (Å²) in [6.45, 7) is 1.99. The second kappa shape index (κ2) is 4.97. The van der Waals surface area contributed by atoms with Crippen molar-refractivity contribution < 1.29 is 23.1 Å². The summed E-state index contributed by atoms with van der Waals surface area (Å²) in [6.07, 6.45) is -2.31. The molecule has 0 radical (unpaired) electrons. The average molecular weight is 317 g/mol. The Hall–Kier alpha value is -1.57. The maximum absolute atomic E-state index is 13.4. The van der Waals surface area contributed by atoms with Gasteiger partial charge < -0.3 is 10.4 Å². The molecule has 3 rings (SSSR count). The van der Waals surface area contributed by atoms with Crippen molar-refractivity contribution in [1.82, 2.24) is 10.2 Å². The molecule has 22 heavy (non-hydrogen) atoms. The van der Waals surface area contributed by atoms with Crippen LogP contribution >= 0.6 is 0 Å². The molecule has 1 aromatic rings. The van der Waals surface area contributed by atoms with Gasteiger partial charge in [-0.1, -0.05) is 26.2 Å². The summed E-state index contributed by atoms with van der Waals surface area (Å²) in [5, 5.41) is 19.0. The molecule has 0 aromatic carbocycles. The minimum atomic E-state index is -4.93. The lowest BCUT2D eigenvalue weighted by molar-refractivity contribution is -0.267. The zero-order valence-corrected chi connectivity index (χ0v) is 12.1. The first kappa shape index (κ1) is 15.3. The molecule has 0 saturated heterocycles. The van der Waals surface area contributed by atoms with Gasteiger partial charge in [-0.05, 0) is 12.3 Å². The Morgan fingerprint density at radius 1 is 1.32 bits per heavy atom. The Balaban J connectivity index is 2.11. The minimum absolute atomic E-state index is 0.117. The van der Waals surface area contributed by atoms with Crippen LogP contribution in [0.25, 0.3) is 0 Å². The number of halogens is 3. The van der Waals surface area contributed by atoms with Gasteiger partial charge in [0.2, 0.25) is 5.91 Å². The van der Waals surface area contributed by atoms with E-state index >= 15 is 0 Å². The molecule has 0 bridgehead atoms. The largest absolute Gasteiger partial charge is 0.422 e. The fourth-order valence-electron chi connectivity index (χ4n) is 3.62. The van der Waals surface area contributed by atoms with E-state index in [0.717, 1.165) is 25.7 Å². The number of anilines is 1. The number of hydrogen-bond donors (Lipinski definition) is 3. The van der Waals surface area contributed by atoms with Crippen molar-refractivity contribution in [2.45, 2.75) is 56.7 Å². The summed E-state index contributed by atoms with van der Waals surface area (Å²) in [4.78, 5) is 11.5. The molecule has 3 unspecified atom stereocenters. The summed E-state index contributed by atoms with van der Waals surface area (Å²) in [5.41, 5.74) is -3.18. The fourth-order valence-corrected chi connectivity index (χ4v) is 3.62. The Kier molecular flexibility index (Phi) is 3.47. The van der Waals surface area contributed by atoms with Crippen LogP contribution in [-0.2, 0) is 10.4 Å². The first-order valence-corrected chi connectivity index (χ1v) is 7.41. The number of carbonyl (C=O) groups is 1. The molecule has 3 N–H and O–H groups in total. The maximum atomic E-state index is 13.4.